The van der Waals surface area contributed by atoms with Crippen molar-refractivity contribution in [1.29, 1.82) is 0 Å². The van der Waals surface area contributed by atoms with Gasteiger partial charge in [0.15, 0.2) is 0 Å². The Bertz CT molecular complexity index is 3120. The molecule has 0 radical (unpaired) electrons. The lowest BCUT2D eigenvalue weighted by Crippen LogP contribution is -2.04. The van der Waals surface area contributed by atoms with Gasteiger partial charge >= 0.3 is 0 Å². The van der Waals surface area contributed by atoms with Crippen molar-refractivity contribution in [3.63, 3.8) is 0 Å². The average Bonchev–Trinajstić information content (AvgIpc) is 3.87. The third-order valence-electron chi connectivity index (χ3n) is 10.3. The van der Waals surface area contributed by atoms with Gasteiger partial charge in [-0.2, -0.15) is 0 Å². The Morgan fingerprint density at radius 3 is 1.80 bits per heavy atom. The highest BCUT2D eigenvalue weighted by Gasteiger charge is 2.24. The molecule has 0 atom stereocenters. The quantitative estimate of drug-likeness (QED) is 0.190. The van der Waals surface area contributed by atoms with Crippen LogP contribution in [0.4, 0.5) is 0 Å². The standard InChI is InChI=1S/C46H29N5/c1-4-14-30(15-5-1)43-37-21-10-12-22-39(37)47-46(48-43)51-42-28-31-26-27-49(32-16-6-2-7-17-32)41(31)29-38(42)36-25-24-35-34-20-11-13-23-40(34)50(44(35)45(36)51)33-18-8-3-9-19-33/h1-29H. The van der Waals surface area contributed by atoms with E-state index < -0.39 is 0 Å². The van der Waals surface area contributed by atoms with Gasteiger partial charge in [-0.3, -0.25) is 4.57 Å². The molecule has 5 nitrogen and oxygen atoms in total. The molecule has 7 aromatic carbocycles. The van der Waals surface area contributed by atoms with Gasteiger partial charge in [-0.25, -0.2) is 9.97 Å². The van der Waals surface area contributed by atoms with E-state index in [0.717, 1.165) is 77.3 Å². The fourth-order valence-corrected chi connectivity index (χ4v) is 8.02. The third-order valence-corrected chi connectivity index (χ3v) is 10.3. The maximum absolute atomic E-state index is 5.45. The monoisotopic (exact) mass is 651 g/mol. The van der Waals surface area contributed by atoms with Crippen LogP contribution in [0.3, 0.4) is 0 Å². The van der Waals surface area contributed by atoms with Crippen molar-refractivity contribution < 1.29 is 0 Å². The fourth-order valence-electron chi connectivity index (χ4n) is 8.02. The van der Waals surface area contributed by atoms with E-state index in [1.54, 1.807) is 0 Å². The van der Waals surface area contributed by atoms with Crippen molar-refractivity contribution in [2.45, 2.75) is 0 Å². The molecule has 0 fully saturated rings. The predicted molar refractivity (Wildman–Crippen MR) is 210 cm³/mol. The Balaban J connectivity index is 1.35. The third kappa shape index (κ3) is 4.09. The summed E-state index contributed by atoms with van der Waals surface area (Å²) < 4.78 is 6.99. The van der Waals surface area contributed by atoms with Crippen LogP contribution in [0.15, 0.2) is 176 Å². The van der Waals surface area contributed by atoms with E-state index in [1.165, 1.54) is 10.8 Å². The Morgan fingerprint density at radius 2 is 1.02 bits per heavy atom. The van der Waals surface area contributed by atoms with E-state index in [4.69, 9.17) is 9.97 Å². The smallest absolute Gasteiger partial charge is 0.235 e. The van der Waals surface area contributed by atoms with Crippen molar-refractivity contribution >= 4 is 65.4 Å². The van der Waals surface area contributed by atoms with Gasteiger partial charge in [-0.05, 0) is 54.6 Å². The molecular formula is C46H29N5. The molecule has 0 saturated carbocycles. The SMILES string of the molecule is c1ccc(-c2nc(-n3c4cc5ccn(-c6ccccc6)c5cc4c4ccc5c6ccccc6n(-c6ccccc6)c5c43)nc3ccccc23)cc1. The normalized spacial score (nSPS) is 11.9. The van der Waals surface area contributed by atoms with Crippen molar-refractivity contribution in [2.24, 2.45) is 0 Å². The molecule has 238 valence electrons. The molecule has 0 amide bonds. The molecule has 0 saturated heterocycles. The summed E-state index contributed by atoms with van der Waals surface area (Å²) >= 11 is 0. The number of rotatable bonds is 4. The minimum Gasteiger partial charge on any atom is -0.317 e. The summed E-state index contributed by atoms with van der Waals surface area (Å²) in [5, 5.41) is 6.88. The summed E-state index contributed by atoms with van der Waals surface area (Å²) in [6.07, 6.45) is 2.16. The van der Waals surface area contributed by atoms with Crippen LogP contribution in [-0.4, -0.2) is 23.7 Å². The zero-order valence-corrected chi connectivity index (χ0v) is 27.5. The number of hydrogen-bond acceptors (Lipinski definition) is 2. The van der Waals surface area contributed by atoms with Gasteiger partial charge in [0.05, 0.1) is 38.8 Å². The molecule has 4 aromatic heterocycles. The minimum atomic E-state index is 0.645. The maximum Gasteiger partial charge on any atom is 0.235 e. The van der Waals surface area contributed by atoms with Gasteiger partial charge < -0.3 is 9.13 Å². The van der Waals surface area contributed by atoms with E-state index in [0.29, 0.717) is 5.95 Å². The summed E-state index contributed by atoms with van der Waals surface area (Å²) in [6.45, 7) is 0. The lowest BCUT2D eigenvalue weighted by molar-refractivity contribution is 1.01. The van der Waals surface area contributed by atoms with Gasteiger partial charge in [-0.15, -0.1) is 0 Å². The summed E-state index contributed by atoms with van der Waals surface area (Å²) in [7, 11) is 0. The second-order valence-electron chi connectivity index (χ2n) is 13.1. The van der Waals surface area contributed by atoms with Gasteiger partial charge in [-0.1, -0.05) is 115 Å². The minimum absolute atomic E-state index is 0.645. The van der Waals surface area contributed by atoms with Gasteiger partial charge in [0, 0.05) is 55.5 Å². The predicted octanol–water partition coefficient (Wildman–Crippen LogP) is 11.4. The zero-order chi connectivity index (χ0) is 33.5. The molecule has 11 rings (SSSR count). The van der Waals surface area contributed by atoms with Crippen LogP contribution in [0.5, 0.6) is 0 Å². The van der Waals surface area contributed by atoms with E-state index in [9.17, 15) is 0 Å². The molecule has 0 aliphatic carbocycles. The number of benzene rings is 7. The first-order valence-electron chi connectivity index (χ1n) is 17.3. The number of aromatic nitrogens is 5. The number of hydrogen-bond donors (Lipinski definition) is 0. The molecular weight excluding hydrogens is 623 g/mol. The largest absolute Gasteiger partial charge is 0.317 e. The Labute approximate surface area is 292 Å². The average molecular weight is 652 g/mol. The second kappa shape index (κ2) is 10.8. The molecule has 0 aliphatic heterocycles. The molecule has 0 N–H and O–H groups in total. The van der Waals surface area contributed by atoms with E-state index in [2.05, 4.69) is 184 Å². The Hall–Kier alpha value is -6.98. The van der Waals surface area contributed by atoms with Crippen molar-refractivity contribution in [1.82, 2.24) is 23.7 Å². The van der Waals surface area contributed by atoms with E-state index in [1.807, 2.05) is 6.07 Å². The molecule has 11 aromatic rings. The lowest BCUT2D eigenvalue weighted by Gasteiger charge is -2.14. The van der Waals surface area contributed by atoms with Crippen molar-refractivity contribution in [3.05, 3.63) is 176 Å². The molecule has 5 heteroatoms. The molecule has 0 aliphatic rings. The number of nitrogens with zero attached hydrogens (tertiary/aromatic N) is 5. The fraction of sp³-hybridized carbons (Fsp3) is 0. The van der Waals surface area contributed by atoms with Crippen molar-refractivity contribution in [3.8, 4) is 28.6 Å². The van der Waals surface area contributed by atoms with E-state index >= 15 is 0 Å². The number of fused-ring (bicyclic) bond motifs is 9. The summed E-state index contributed by atoms with van der Waals surface area (Å²) in [5.41, 5.74) is 10.7. The number of para-hydroxylation sites is 4. The van der Waals surface area contributed by atoms with Crippen LogP contribution in [0.1, 0.15) is 0 Å². The first-order chi connectivity index (χ1) is 25.3. The van der Waals surface area contributed by atoms with Gasteiger partial charge in [0.25, 0.3) is 0 Å². The summed E-state index contributed by atoms with van der Waals surface area (Å²) in [4.78, 5) is 10.8. The molecule has 4 heterocycles. The Morgan fingerprint density at radius 1 is 0.392 bits per heavy atom. The van der Waals surface area contributed by atoms with Crippen LogP contribution in [-0.2, 0) is 0 Å². The van der Waals surface area contributed by atoms with E-state index in [-0.39, 0.29) is 0 Å². The zero-order valence-electron chi connectivity index (χ0n) is 27.5. The maximum atomic E-state index is 5.45. The van der Waals surface area contributed by atoms with Crippen LogP contribution < -0.4 is 0 Å². The highest BCUT2D eigenvalue weighted by molar-refractivity contribution is 6.24. The van der Waals surface area contributed by atoms with Crippen LogP contribution in [0.2, 0.25) is 0 Å². The van der Waals surface area contributed by atoms with Crippen molar-refractivity contribution in [2.75, 3.05) is 0 Å². The summed E-state index contributed by atoms with van der Waals surface area (Å²) in [5.74, 6) is 0.645. The Kier molecular flexibility index (Phi) is 5.89. The summed E-state index contributed by atoms with van der Waals surface area (Å²) in [6, 6.07) is 60.2. The topological polar surface area (TPSA) is 40.6 Å². The van der Waals surface area contributed by atoms with Crippen LogP contribution >= 0.6 is 0 Å². The lowest BCUT2D eigenvalue weighted by atomic mass is 10.1. The highest BCUT2D eigenvalue weighted by atomic mass is 15.2. The molecule has 51 heavy (non-hydrogen) atoms. The first kappa shape index (κ1) is 27.9. The molecule has 0 bridgehead atoms. The molecule has 0 unspecified atom stereocenters. The van der Waals surface area contributed by atoms with Crippen LogP contribution in [0.25, 0.3) is 94.0 Å². The molecule has 0 spiro atoms. The van der Waals surface area contributed by atoms with Crippen LogP contribution in [0, 0.1) is 0 Å². The van der Waals surface area contributed by atoms with Gasteiger partial charge in [0.2, 0.25) is 5.95 Å². The first-order valence-corrected chi connectivity index (χ1v) is 17.3. The second-order valence-corrected chi connectivity index (χ2v) is 13.1. The van der Waals surface area contributed by atoms with Gasteiger partial charge in [0.1, 0.15) is 0 Å². The highest BCUT2D eigenvalue weighted by Crippen LogP contribution is 2.43.